The first-order chi connectivity index (χ1) is 18.2. The van der Waals surface area contributed by atoms with Crippen molar-refractivity contribution in [2.24, 2.45) is 11.8 Å². The number of nitrogens with one attached hydrogen (secondary N) is 2. The summed E-state index contributed by atoms with van der Waals surface area (Å²) in [7, 11) is 0. The van der Waals surface area contributed by atoms with Gasteiger partial charge in [0.15, 0.2) is 0 Å². The van der Waals surface area contributed by atoms with E-state index in [0.29, 0.717) is 24.0 Å². The van der Waals surface area contributed by atoms with Crippen LogP contribution < -0.4 is 0 Å². The van der Waals surface area contributed by atoms with E-state index in [2.05, 4.69) is 73.1 Å². The molecule has 2 heterocycles. The predicted molar refractivity (Wildman–Crippen MR) is 143 cm³/mol. The molecule has 2 N–H and O–H groups in total. The summed E-state index contributed by atoms with van der Waals surface area (Å²) in [4.78, 5) is 17.7. The number of nitrogens with zero attached hydrogens (tertiary/aromatic N) is 5. The first-order valence-electron chi connectivity index (χ1n) is 13.6. The molecule has 192 valence electrons. The maximum absolute atomic E-state index is 13.2. The third-order valence-corrected chi connectivity index (χ3v) is 7.52. The Labute approximate surface area is 217 Å². The van der Waals surface area contributed by atoms with Gasteiger partial charge < -0.3 is 0 Å². The van der Waals surface area contributed by atoms with Gasteiger partial charge in [-0.3, -0.25) is 9.89 Å². The van der Waals surface area contributed by atoms with Gasteiger partial charge in [0.2, 0.25) is 17.4 Å². The second-order valence-corrected chi connectivity index (χ2v) is 10.2. The fraction of sp³-hybridized carbons (Fsp3) is 0.448. The number of hydrogen-bond donors (Lipinski definition) is 2. The maximum Gasteiger partial charge on any atom is 0.217 e. The van der Waals surface area contributed by atoms with Crippen LogP contribution >= 0.6 is 0 Å². The molecule has 1 saturated carbocycles. The Kier molecular flexibility index (Phi) is 8.13. The van der Waals surface area contributed by atoms with E-state index >= 15 is 0 Å². The molecule has 1 aliphatic rings. The first kappa shape index (κ1) is 25.0. The van der Waals surface area contributed by atoms with Crippen LogP contribution in [0.1, 0.15) is 86.7 Å². The summed E-state index contributed by atoms with van der Waals surface area (Å²) in [5.41, 5.74) is 4.13. The van der Waals surface area contributed by atoms with Crippen molar-refractivity contribution in [1.29, 1.82) is 0 Å². The van der Waals surface area contributed by atoms with Crippen molar-refractivity contribution in [2.45, 2.75) is 71.1 Å². The number of tetrazole rings is 1. The van der Waals surface area contributed by atoms with E-state index in [0.717, 1.165) is 47.3 Å². The second kappa shape index (κ2) is 12.0. The molecule has 5 rings (SSSR count). The highest BCUT2D eigenvalue weighted by molar-refractivity contribution is 5.94. The van der Waals surface area contributed by atoms with Crippen LogP contribution in [-0.4, -0.2) is 41.6 Å². The molecule has 2 unspecified atom stereocenters. The molecular formula is C29H35N7O. The van der Waals surface area contributed by atoms with E-state index in [1.807, 2.05) is 18.2 Å². The molecule has 0 saturated heterocycles. The molecule has 2 atom stereocenters. The van der Waals surface area contributed by atoms with Crippen molar-refractivity contribution in [1.82, 2.24) is 35.8 Å². The third-order valence-electron chi connectivity index (χ3n) is 7.52. The lowest BCUT2D eigenvalue weighted by Gasteiger charge is -2.27. The minimum atomic E-state index is 0.0622. The van der Waals surface area contributed by atoms with Crippen molar-refractivity contribution in [3.05, 3.63) is 65.7 Å². The van der Waals surface area contributed by atoms with E-state index < -0.39 is 0 Å². The van der Waals surface area contributed by atoms with Crippen LogP contribution in [0.3, 0.4) is 0 Å². The molecule has 0 spiro atoms. The lowest BCUT2D eigenvalue weighted by atomic mass is 9.77. The van der Waals surface area contributed by atoms with E-state index in [9.17, 15) is 4.79 Å². The van der Waals surface area contributed by atoms with Crippen LogP contribution in [0, 0.1) is 11.8 Å². The van der Waals surface area contributed by atoms with E-state index in [1.165, 1.54) is 38.5 Å². The fourth-order valence-corrected chi connectivity index (χ4v) is 5.52. The zero-order valence-corrected chi connectivity index (χ0v) is 21.5. The highest BCUT2D eigenvalue weighted by atomic mass is 16.1. The second-order valence-electron chi connectivity index (χ2n) is 10.2. The Morgan fingerprint density at radius 2 is 1.81 bits per heavy atom. The van der Waals surface area contributed by atoms with Gasteiger partial charge in [-0.2, -0.15) is 10.3 Å². The number of aromatic nitrogens is 7. The number of carbonyl (C=O) groups is 1. The zero-order valence-electron chi connectivity index (χ0n) is 21.5. The number of benzene rings is 2. The molecule has 0 bridgehead atoms. The summed E-state index contributed by atoms with van der Waals surface area (Å²) in [5, 5.41) is 21.7. The molecule has 0 radical (unpaired) electrons. The number of H-pyrrole nitrogens is 2. The largest absolute Gasteiger partial charge is 0.290 e. The fourth-order valence-electron chi connectivity index (χ4n) is 5.52. The number of Topliss-reactive ketones (excluding diaryl/α,β-unsaturated/α-hetero) is 1. The lowest BCUT2D eigenvalue weighted by molar-refractivity contribution is 0.0848. The molecule has 1 aliphatic carbocycles. The molecule has 2 aromatic heterocycles. The van der Waals surface area contributed by atoms with Crippen molar-refractivity contribution < 1.29 is 4.79 Å². The van der Waals surface area contributed by atoms with Gasteiger partial charge in [0.05, 0.1) is 0 Å². The van der Waals surface area contributed by atoms with E-state index in [-0.39, 0.29) is 11.7 Å². The Balaban J connectivity index is 1.20. The minimum Gasteiger partial charge on any atom is -0.290 e. The van der Waals surface area contributed by atoms with Crippen LogP contribution in [-0.2, 0) is 6.42 Å². The lowest BCUT2D eigenvalue weighted by Crippen LogP contribution is -2.24. The van der Waals surface area contributed by atoms with Crippen LogP contribution in [0.4, 0.5) is 0 Å². The van der Waals surface area contributed by atoms with Gasteiger partial charge in [-0.05, 0) is 40.7 Å². The monoisotopic (exact) mass is 497 g/mol. The Bertz CT molecular complexity index is 1280. The first-order valence-corrected chi connectivity index (χ1v) is 13.6. The Morgan fingerprint density at radius 1 is 0.973 bits per heavy atom. The standard InChI is InChI=1S/C29H35N7O/c1-2-3-4-5-9-20-10-8-11-23(18-20)27(37)29-30-26(31-32-29)19-21-14-16-22(17-15-21)24-12-6-7-13-25(24)28-33-35-36-34-28/h6-7,12-17,20,23H,2-5,8-11,18-19H2,1H3,(H,30,31,32)(H,33,34,35,36). The summed E-state index contributed by atoms with van der Waals surface area (Å²) >= 11 is 0. The molecular weight excluding hydrogens is 462 g/mol. The molecule has 2 aromatic carbocycles. The summed E-state index contributed by atoms with van der Waals surface area (Å²) in [6, 6.07) is 16.3. The van der Waals surface area contributed by atoms with Gasteiger partial charge in [-0.1, -0.05) is 100 Å². The quantitative estimate of drug-likeness (QED) is 0.188. The van der Waals surface area contributed by atoms with E-state index in [1.54, 1.807) is 0 Å². The molecule has 4 aromatic rings. The van der Waals surface area contributed by atoms with Crippen LogP contribution in [0.2, 0.25) is 0 Å². The van der Waals surface area contributed by atoms with Crippen LogP contribution in [0.5, 0.6) is 0 Å². The SMILES string of the molecule is CCCCCCC1CCCC(C(=O)c2n[nH]c(Cc3ccc(-c4ccccc4-c4nn[nH]n4)cc3)n2)C1. The normalized spacial score (nSPS) is 17.6. The molecule has 0 aliphatic heterocycles. The smallest absolute Gasteiger partial charge is 0.217 e. The van der Waals surface area contributed by atoms with Gasteiger partial charge in [0, 0.05) is 17.9 Å². The minimum absolute atomic E-state index is 0.0622. The number of ketones is 1. The van der Waals surface area contributed by atoms with Gasteiger partial charge >= 0.3 is 0 Å². The molecule has 0 amide bonds. The highest BCUT2D eigenvalue weighted by Crippen LogP contribution is 2.34. The molecule has 8 nitrogen and oxygen atoms in total. The van der Waals surface area contributed by atoms with Crippen molar-refractivity contribution in [3.63, 3.8) is 0 Å². The van der Waals surface area contributed by atoms with Crippen molar-refractivity contribution in [3.8, 4) is 22.5 Å². The van der Waals surface area contributed by atoms with Crippen LogP contribution in [0.15, 0.2) is 48.5 Å². The number of unbranched alkanes of at least 4 members (excludes halogenated alkanes) is 3. The van der Waals surface area contributed by atoms with Gasteiger partial charge in [0.1, 0.15) is 5.82 Å². The third kappa shape index (κ3) is 6.18. The Hall–Kier alpha value is -3.68. The average molecular weight is 498 g/mol. The number of carbonyl (C=O) groups excluding carboxylic acids is 1. The van der Waals surface area contributed by atoms with Gasteiger partial charge in [-0.15, -0.1) is 10.2 Å². The van der Waals surface area contributed by atoms with Gasteiger partial charge in [0.25, 0.3) is 0 Å². The zero-order chi connectivity index (χ0) is 25.5. The number of rotatable bonds is 11. The topological polar surface area (TPSA) is 113 Å². The highest BCUT2D eigenvalue weighted by Gasteiger charge is 2.29. The van der Waals surface area contributed by atoms with Crippen molar-refractivity contribution >= 4 is 5.78 Å². The van der Waals surface area contributed by atoms with Gasteiger partial charge in [-0.25, -0.2) is 4.98 Å². The maximum atomic E-state index is 13.2. The van der Waals surface area contributed by atoms with E-state index in [4.69, 9.17) is 0 Å². The van der Waals surface area contributed by atoms with Crippen LogP contribution in [0.25, 0.3) is 22.5 Å². The summed E-state index contributed by atoms with van der Waals surface area (Å²) in [6.45, 7) is 2.24. The summed E-state index contributed by atoms with van der Waals surface area (Å²) in [6.07, 6.45) is 11.3. The molecule has 8 heteroatoms. The predicted octanol–water partition coefficient (Wildman–Crippen LogP) is 6.20. The Morgan fingerprint density at radius 3 is 2.59 bits per heavy atom. The summed E-state index contributed by atoms with van der Waals surface area (Å²) in [5.74, 6) is 2.47. The average Bonchev–Trinajstić information content (AvgIpc) is 3.64. The van der Waals surface area contributed by atoms with Crippen molar-refractivity contribution in [2.75, 3.05) is 0 Å². The number of aromatic amines is 2. The molecule has 37 heavy (non-hydrogen) atoms. The number of hydrogen-bond acceptors (Lipinski definition) is 6. The molecule has 1 fully saturated rings. The summed E-state index contributed by atoms with van der Waals surface area (Å²) < 4.78 is 0.